The number of allylic oxidation sites excluding steroid dienone is 5. The van der Waals surface area contributed by atoms with Gasteiger partial charge in [-0.3, -0.25) is 9.59 Å². The smallest absolute Gasteiger partial charge is 0.142 e. The highest BCUT2D eigenvalue weighted by Gasteiger charge is 1.86. The summed E-state index contributed by atoms with van der Waals surface area (Å²) in [7, 11) is 0. The highest BCUT2D eigenvalue weighted by Crippen LogP contribution is 2.05. The van der Waals surface area contributed by atoms with Crippen molar-refractivity contribution < 1.29 is 9.59 Å². The Bertz CT molecular complexity index is 237. The molecule has 84 valence electrons. The molecule has 0 rings (SSSR count). The molecule has 0 fully saturated rings. The van der Waals surface area contributed by atoms with E-state index in [4.69, 9.17) is 4.79 Å². The molecule has 0 aliphatic rings. The molecule has 0 unspecified atom stereocenters. The lowest BCUT2D eigenvalue weighted by molar-refractivity contribution is -0.104. The topological polar surface area (TPSA) is 34.1 Å². The van der Waals surface area contributed by atoms with Gasteiger partial charge in [0.15, 0.2) is 0 Å². The minimum absolute atomic E-state index is 0.639. The zero-order valence-corrected chi connectivity index (χ0v) is 9.82. The highest BCUT2D eigenvalue weighted by molar-refractivity contribution is 5.65. The second kappa shape index (κ2) is 12.6. The van der Waals surface area contributed by atoms with Crippen molar-refractivity contribution >= 4 is 12.6 Å². The van der Waals surface area contributed by atoms with Crippen LogP contribution >= 0.6 is 0 Å². The first-order valence-electron chi connectivity index (χ1n) is 4.89. The molecule has 0 bridgehead atoms. The van der Waals surface area contributed by atoms with Crippen molar-refractivity contribution in [3.63, 3.8) is 0 Å². The molecule has 0 aromatic carbocycles. The summed E-state index contributed by atoms with van der Waals surface area (Å²) < 4.78 is 0. The summed E-state index contributed by atoms with van der Waals surface area (Å²) in [6.45, 7) is 9.25. The average molecular weight is 208 g/mol. The van der Waals surface area contributed by atoms with Crippen molar-refractivity contribution in [2.45, 2.75) is 33.6 Å². The first kappa shape index (κ1) is 16.0. The van der Waals surface area contributed by atoms with Gasteiger partial charge in [0, 0.05) is 0 Å². The van der Waals surface area contributed by atoms with Crippen molar-refractivity contribution in [1.29, 1.82) is 0 Å². The number of rotatable bonds is 5. The van der Waals surface area contributed by atoms with Gasteiger partial charge < -0.3 is 0 Å². The molecule has 0 spiro atoms. The minimum Gasteiger partial charge on any atom is -0.299 e. The molecular formula is C13H20O2. The van der Waals surface area contributed by atoms with Gasteiger partial charge in [0.05, 0.1) is 0 Å². The van der Waals surface area contributed by atoms with Crippen LogP contribution < -0.4 is 0 Å². The zero-order chi connectivity index (χ0) is 12.1. The maximum Gasteiger partial charge on any atom is 0.142 e. The van der Waals surface area contributed by atoms with Gasteiger partial charge in [-0.05, 0) is 45.8 Å². The fourth-order valence-electron chi connectivity index (χ4n) is 0.788. The fourth-order valence-corrected chi connectivity index (χ4v) is 0.788. The Kier molecular flexibility index (Phi) is 13.4. The second-order valence-corrected chi connectivity index (χ2v) is 3.34. The van der Waals surface area contributed by atoms with Crippen LogP contribution in [0.2, 0.25) is 0 Å². The van der Waals surface area contributed by atoms with Gasteiger partial charge in [-0.2, -0.15) is 0 Å². The third-order valence-electron chi connectivity index (χ3n) is 1.54. The van der Waals surface area contributed by atoms with E-state index in [2.05, 4.69) is 26.5 Å². The van der Waals surface area contributed by atoms with E-state index in [1.165, 1.54) is 11.6 Å². The fraction of sp³-hybridized carbons (Fsp3) is 0.385. The number of aldehydes is 2. The van der Waals surface area contributed by atoms with Crippen molar-refractivity contribution in [3.8, 4) is 0 Å². The molecule has 0 aromatic heterocycles. The minimum atomic E-state index is 0.639. The van der Waals surface area contributed by atoms with Crippen LogP contribution in [0, 0.1) is 0 Å². The van der Waals surface area contributed by atoms with E-state index in [9.17, 15) is 4.79 Å². The van der Waals surface area contributed by atoms with Gasteiger partial charge in [-0.25, -0.2) is 0 Å². The van der Waals surface area contributed by atoms with Gasteiger partial charge in [0.2, 0.25) is 0 Å². The van der Waals surface area contributed by atoms with Gasteiger partial charge in [-0.15, -0.1) is 0 Å². The summed E-state index contributed by atoms with van der Waals surface area (Å²) in [5, 5.41) is 0. The van der Waals surface area contributed by atoms with Gasteiger partial charge in [-0.1, -0.05) is 23.8 Å². The lowest BCUT2D eigenvalue weighted by atomic mass is 10.1. The molecule has 0 saturated heterocycles. The van der Waals surface area contributed by atoms with E-state index in [1.54, 1.807) is 6.08 Å². The Morgan fingerprint density at radius 3 is 2.00 bits per heavy atom. The molecule has 0 amide bonds. The number of carbonyl (C=O) groups excluding carboxylic acids is 2. The molecule has 0 aliphatic carbocycles. The maximum atomic E-state index is 10.0. The van der Waals surface area contributed by atoms with Crippen molar-refractivity contribution in [1.82, 2.24) is 0 Å². The summed E-state index contributed by atoms with van der Waals surface area (Å²) >= 11 is 0. The molecule has 0 N–H and O–H groups in total. The molecule has 15 heavy (non-hydrogen) atoms. The van der Waals surface area contributed by atoms with Crippen LogP contribution in [0.1, 0.15) is 33.6 Å². The van der Waals surface area contributed by atoms with Gasteiger partial charge in [0.25, 0.3) is 0 Å². The molecule has 0 heterocycles. The van der Waals surface area contributed by atoms with Crippen molar-refractivity contribution in [3.05, 3.63) is 36.0 Å². The highest BCUT2D eigenvalue weighted by atomic mass is 16.1. The molecular weight excluding hydrogens is 188 g/mol. The lowest BCUT2D eigenvalue weighted by Crippen LogP contribution is -1.77. The second-order valence-electron chi connectivity index (χ2n) is 3.34. The molecule has 0 aliphatic heterocycles. The predicted molar refractivity (Wildman–Crippen MR) is 64.7 cm³/mol. The van der Waals surface area contributed by atoms with Crippen LogP contribution in [-0.2, 0) is 9.59 Å². The number of hydrogen-bond donors (Lipinski definition) is 0. The molecule has 0 radical (unpaired) electrons. The van der Waals surface area contributed by atoms with Crippen LogP contribution in [0.4, 0.5) is 0 Å². The standard InChI is InChI=1S/C10H16O.C3H4O/c1-9(2)5-4-6-10(3)7-8-11;1-2-3-4/h5,7-8H,4,6H2,1-3H3;2-3H,1H2/b10-7+;. The summed E-state index contributed by atoms with van der Waals surface area (Å²) in [4.78, 5) is 19.1. The van der Waals surface area contributed by atoms with E-state index in [-0.39, 0.29) is 0 Å². The van der Waals surface area contributed by atoms with E-state index in [1.807, 2.05) is 6.92 Å². The van der Waals surface area contributed by atoms with E-state index < -0.39 is 0 Å². The quantitative estimate of drug-likeness (QED) is 0.395. The molecule has 0 aromatic rings. The Morgan fingerprint density at radius 1 is 1.13 bits per heavy atom. The normalized spacial score (nSPS) is 9.40. The zero-order valence-electron chi connectivity index (χ0n) is 9.82. The SMILES string of the molecule is C=CC=O.CC(C)=CCC/C(C)=C/C=O. The number of carbonyl (C=O) groups is 2. The van der Waals surface area contributed by atoms with E-state index in [0.717, 1.165) is 24.7 Å². The Balaban J connectivity index is 0. The molecule has 2 nitrogen and oxygen atoms in total. The summed E-state index contributed by atoms with van der Waals surface area (Å²) in [5.41, 5.74) is 2.49. The maximum absolute atomic E-state index is 10.0. The first-order chi connectivity index (χ1) is 7.08. The predicted octanol–water partition coefficient (Wildman–Crippen LogP) is 3.25. The third kappa shape index (κ3) is 19.1. The molecule has 0 saturated carbocycles. The Hall–Kier alpha value is -1.44. The van der Waals surface area contributed by atoms with Crippen LogP contribution in [0.5, 0.6) is 0 Å². The van der Waals surface area contributed by atoms with Crippen LogP contribution in [0.25, 0.3) is 0 Å². The monoisotopic (exact) mass is 208 g/mol. The van der Waals surface area contributed by atoms with Crippen LogP contribution in [0.3, 0.4) is 0 Å². The molecule has 0 atom stereocenters. The third-order valence-corrected chi connectivity index (χ3v) is 1.54. The number of hydrogen-bond acceptors (Lipinski definition) is 2. The summed E-state index contributed by atoms with van der Waals surface area (Å²) in [5.74, 6) is 0. The van der Waals surface area contributed by atoms with Crippen molar-refractivity contribution in [2.75, 3.05) is 0 Å². The summed E-state index contributed by atoms with van der Waals surface area (Å²) in [6, 6.07) is 0. The average Bonchev–Trinajstić information content (AvgIpc) is 2.18. The Labute approximate surface area is 92.4 Å². The molecule has 2 heteroatoms. The Morgan fingerprint density at radius 2 is 1.67 bits per heavy atom. The van der Waals surface area contributed by atoms with Crippen LogP contribution in [0.15, 0.2) is 36.0 Å². The van der Waals surface area contributed by atoms with E-state index in [0.29, 0.717) is 6.29 Å². The summed E-state index contributed by atoms with van der Waals surface area (Å²) in [6.07, 6.45) is 8.52. The van der Waals surface area contributed by atoms with Crippen LogP contribution in [-0.4, -0.2) is 12.6 Å². The van der Waals surface area contributed by atoms with Gasteiger partial charge >= 0.3 is 0 Å². The lowest BCUT2D eigenvalue weighted by Gasteiger charge is -1.94. The van der Waals surface area contributed by atoms with Crippen molar-refractivity contribution in [2.24, 2.45) is 0 Å². The van der Waals surface area contributed by atoms with Gasteiger partial charge in [0.1, 0.15) is 12.6 Å². The largest absolute Gasteiger partial charge is 0.299 e. The van der Waals surface area contributed by atoms with E-state index >= 15 is 0 Å². The first-order valence-corrected chi connectivity index (χ1v) is 4.89.